The molecule has 1 N–H and O–H groups in total. The van der Waals surface area contributed by atoms with Crippen LogP contribution in [0.5, 0.6) is 5.75 Å². The summed E-state index contributed by atoms with van der Waals surface area (Å²) in [6.07, 6.45) is 0. The van der Waals surface area contributed by atoms with Crippen molar-refractivity contribution in [1.29, 1.82) is 0 Å². The van der Waals surface area contributed by atoms with Crippen molar-refractivity contribution in [3.05, 3.63) is 23.0 Å². The van der Waals surface area contributed by atoms with E-state index in [9.17, 15) is 5.11 Å². The molecule has 1 aromatic rings. The fourth-order valence-electron chi connectivity index (χ4n) is 0.637. The van der Waals surface area contributed by atoms with E-state index >= 15 is 0 Å². The zero-order chi connectivity index (χ0) is 8.97. The minimum Gasteiger partial charge on any atom is -0.505 e. The molecule has 0 amide bonds. The molecule has 0 radical (unpaired) electrons. The van der Waals surface area contributed by atoms with E-state index in [0.717, 1.165) is 0 Å². The lowest BCUT2D eigenvalue weighted by atomic mass is 10.3. The van der Waals surface area contributed by atoms with Crippen molar-refractivity contribution in [2.24, 2.45) is 0 Å². The molecule has 0 spiro atoms. The molecule has 0 fully saturated rings. The fraction of sp³-hybridized carbons (Fsp3) is 0.125. The van der Waals surface area contributed by atoms with Crippen LogP contribution in [-0.4, -0.2) is 15.4 Å². The van der Waals surface area contributed by atoms with Gasteiger partial charge in [-0.2, -0.15) is 0 Å². The number of pyridine rings is 1. The Bertz CT molecular complexity index is 343. The van der Waals surface area contributed by atoms with Gasteiger partial charge < -0.3 is 5.11 Å². The third-order valence-electron chi connectivity index (χ3n) is 1.11. The SMILES string of the molecule is Oc1ccc(Cl)nc1C#CCBr. The van der Waals surface area contributed by atoms with E-state index in [1.807, 2.05) is 0 Å². The summed E-state index contributed by atoms with van der Waals surface area (Å²) in [7, 11) is 0. The standard InChI is InChI=1S/C8H5BrClNO/c9-5-1-2-6-7(12)3-4-8(10)11-6/h3-4,12H,5H2. The van der Waals surface area contributed by atoms with E-state index in [0.29, 0.717) is 16.2 Å². The molecule has 0 atom stereocenters. The van der Waals surface area contributed by atoms with Crippen molar-refractivity contribution < 1.29 is 5.11 Å². The van der Waals surface area contributed by atoms with Crippen molar-refractivity contribution in [1.82, 2.24) is 4.98 Å². The van der Waals surface area contributed by atoms with Gasteiger partial charge in [-0.3, -0.25) is 0 Å². The molecule has 0 aliphatic heterocycles. The van der Waals surface area contributed by atoms with E-state index in [1.165, 1.54) is 12.1 Å². The van der Waals surface area contributed by atoms with Gasteiger partial charge in [-0.15, -0.1) is 0 Å². The molecule has 1 heterocycles. The maximum atomic E-state index is 9.22. The van der Waals surface area contributed by atoms with Gasteiger partial charge in [-0.25, -0.2) is 4.98 Å². The zero-order valence-electron chi connectivity index (χ0n) is 6.01. The number of nitrogens with zero attached hydrogens (tertiary/aromatic N) is 1. The van der Waals surface area contributed by atoms with E-state index in [1.54, 1.807) is 0 Å². The molecule has 62 valence electrons. The van der Waals surface area contributed by atoms with Gasteiger partial charge in [0.2, 0.25) is 0 Å². The fourth-order valence-corrected chi connectivity index (χ4v) is 0.925. The third-order valence-corrected chi connectivity index (χ3v) is 1.60. The first-order valence-corrected chi connectivity index (χ1v) is 4.64. The van der Waals surface area contributed by atoms with E-state index in [2.05, 4.69) is 32.8 Å². The van der Waals surface area contributed by atoms with Crippen LogP contribution in [0.3, 0.4) is 0 Å². The predicted octanol–water partition coefficient (Wildman–Crippen LogP) is 2.19. The van der Waals surface area contributed by atoms with Gasteiger partial charge in [0, 0.05) is 0 Å². The van der Waals surface area contributed by atoms with Crippen LogP contribution >= 0.6 is 27.5 Å². The van der Waals surface area contributed by atoms with Crippen LogP contribution < -0.4 is 0 Å². The summed E-state index contributed by atoms with van der Waals surface area (Å²) in [5.41, 5.74) is 0.307. The molecule has 1 aromatic heterocycles. The molecule has 2 nitrogen and oxygen atoms in total. The number of aromatic nitrogens is 1. The van der Waals surface area contributed by atoms with Crippen molar-refractivity contribution in [2.45, 2.75) is 0 Å². The summed E-state index contributed by atoms with van der Waals surface area (Å²) < 4.78 is 0. The average Bonchev–Trinajstić information content (AvgIpc) is 2.07. The number of hydrogen-bond donors (Lipinski definition) is 1. The Morgan fingerprint density at radius 2 is 2.33 bits per heavy atom. The van der Waals surface area contributed by atoms with Crippen LogP contribution in [0.15, 0.2) is 12.1 Å². The molecular weight excluding hydrogens is 241 g/mol. The van der Waals surface area contributed by atoms with E-state index < -0.39 is 0 Å². The number of aromatic hydroxyl groups is 1. The topological polar surface area (TPSA) is 33.1 Å². The Labute approximate surface area is 83.7 Å². The van der Waals surface area contributed by atoms with E-state index in [4.69, 9.17) is 11.6 Å². The van der Waals surface area contributed by atoms with Crippen LogP contribution in [0.4, 0.5) is 0 Å². The summed E-state index contributed by atoms with van der Waals surface area (Å²) in [5.74, 6) is 5.43. The first kappa shape index (κ1) is 9.37. The molecule has 0 saturated heterocycles. The molecule has 0 aromatic carbocycles. The molecular formula is C8H5BrClNO. The summed E-state index contributed by atoms with van der Waals surface area (Å²) in [5, 5.41) is 10.1. The Morgan fingerprint density at radius 1 is 1.58 bits per heavy atom. The van der Waals surface area contributed by atoms with Crippen LogP contribution in [0.2, 0.25) is 5.15 Å². The van der Waals surface area contributed by atoms with E-state index in [-0.39, 0.29) is 5.75 Å². The van der Waals surface area contributed by atoms with Crippen molar-refractivity contribution in [3.63, 3.8) is 0 Å². The average molecular weight is 246 g/mol. The van der Waals surface area contributed by atoms with Crippen molar-refractivity contribution >= 4 is 27.5 Å². The highest BCUT2D eigenvalue weighted by Crippen LogP contribution is 2.15. The van der Waals surface area contributed by atoms with Gasteiger partial charge in [0.15, 0.2) is 5.69 Å². The Balaban J connectivity index is 3.05. The summed E-state index contributed by atoms with van der Waals surface area (Å²) in [4.78, 5) is 3.83. The van der Waals surface area contributed by atoms with Crippen molar-refractivity contribution in [3.8, 4) is 17.6 Å². The minimum atomic E-state index is 0.0489. The van der Waals surface area contributed by atoms with Gasteiger partial charge in [0.25, 0.3) is 0 Å². The lowest BCUT2D eigenvalue weighted by Crippen LogP contribution is -1.83. The van der Waals surface area contributed by atoms with Crippen LogP contribution in [0.25, 0.3) is 0 Å². The second kappa shape index (κ2) is 4.34. The maximum Gasteiger partial charge on any atom is 0.156 e. The summed E-state index contributed by atoms with van der Waals surface area (Å²) >= 11 is 8.73. The Kier molecular flexibility index (Phi) is 3.39. The predicted molar refractivity (Wildman–Crippen MR) is 51.6 cm³/mol. The molecule has 4 heteroatoms. The molecule has 0 bridgehead atoms. The van der Waals surface area contributed by atoms with Crippen LogP contribution in [0, 0.1) is 11.8 Å². The first-order valence-electron chi connectivity index (χ1n) is 3.14. The summed E-state index contributed by atoms with van der Waals surface area (Å²) in [6.45, 7) is 0. The monoisotopic (exact) mass is 245 g/mol. The lowest BCUT2D eigenvalue weighted by Gasteiger charge is -1.94. The summed E-state index contributed by atoms with van der Waals surface area (Å²) in [6, 6.07) is 2.98. The van der Waals surface area contributed by atoms with Crippen LogP contribution in [0.1, 0.15) is 5.69 Å². The molecule has 0 unspecified atom stereocenters. The number of halogens is 2. The maximum absolute atomic E-state index is 9.22. The zero-order valence-corrected chi connectivity index (χ0v) is 8.35. The Hall–Kier alpha value is -0.720. The number of rotatable bonds is 0. The molecule has 12 heavy (non-hydrogen) atoms. The van der Waals surface area contributed by atoms with Crippen molar-refractivity contribution in [2.75, 3.05) is 5.33 Å². The highest BCUT2D eigenvalue weighted by Gasteiger charge is 1.98. The molecule has 0 aliphatic rings. The second-order valence-corrected chi connectivity index (χ2v) is 2.89. The Morgan fingerprint density at radius 3 is 3.00 bits per heavy atom. The van der Waals surface area contributed by atoms with Crippen LogP contribution in [-0.2, 0) is 0 Å². The lowest BCUT2D eigenvalue weighted by molar-refractivity contribution is 0.471. The third kappa shape index (κ3) is 2.40. The van der Waals surface area contributed by atoms with Gasteiger partial charge >= 0.3 is 0 Å². The molecule has 0 saturated carbocycles. The highest BCUT2D eigenvalue weighted by atomic mass is 79.9. The number of alkyl halides is 1. The number of hydrogen-bond acceptors (Lipinski definition) is 2. The molecule has 0 aliphatic carbocycles. The normalized spacial score (nSPS) is 8.83. The molecule has 1 rings (SSSR count). The second-order valence-electron chi connectivity index (χ2n) is 1.94. The smallest absolute Gasteiger partial charge is 0.156 e. The quantitative estimate of drug-likeness (QED) is 0.432. The highest BCUT2D eigenvalue weighted by molar-refractivity contribution is 9.09. The van der Waals surface area contributed by atoms with Gasteiger partial charge in [0.05, 0.1) is 5.33 Å². The van der Waals surface area contributed by atoms with Gasteiger partial charge in [-0.1, -0.05) is 33.5 Å². The largest absolute Gasteiger partial charge is 0.505 e. The first-order chi connectivity index (χ1) is 5.74. The van der Waals surface area contributed by atoms with Gasteiger partial charge in [0.1, 0.15) is 10.9 Å². The minimum absolute atomic E-state index is 0.0489. The van der Waals surface area contributed by atoms with Gasteiger partial charge in [-0.05, 0) is 18.1 Å².